The SMILES string of the molecule is Nc1ccccc1C(=O)NNC(=O)c1cc2cc(Cl)ccc2[nH]1. The third-order valence-electron chi connectivity index (χ3n) is 3.32. The van der Waals surface area contributed by atoms with Gasteiger partial charge in [0.15, 0.2) is 0 Å². The largest absolute Gasteiger partial charge is 0.398 e. The minimum Gasteiger partial charge on any atom is -0.398 e. The number of aromatic nitrogens is 1. The molecule has 2 aromatic carbocycles. The van der Waals surface area contributed by atoms with Crippen LogP contribution in [0.4, 0.5) is 5.69 Å². The molecule has 0 bridgehead atoms. The van der Waals surface area contributed by atoms with Crippen molar-refractivity contribution in [2.24, 2.45) is 0 Å². The monoisotopic (exact) mass is 328 g/mol. The van der Waals surface area contributed by atoms with E-state index in [1.165, 1.54) is 0 Å². The van der Waals surface area contributed by atoms with E-state index in [9.17, 15) is 9.59 Å². The Morgan fingerprint density at radius 3 is 2.52 bits per heavy atom. The van der Waals surface area contributed by atoms with Crippen molar-refractivity contribution < 1.29 is 9.59 Å². The highest BCUT2D eigenvalue weighted by Gasteiger charge is 2.13. The van der Waals surface area contributed by atoms with Crippen molar-refractivity contribution in [2.75, 3.05) is 5.73 Å². The molecule has 1 aromatic heterocycles. The molecule has 0 spiro atoms. The number of aromatic amines is 1. The van der Waals surface area contributed by atoms with Crippen LogP contribution in [0.25, 0.3) is 10.9 Å². The molecule has 5 N–H and O–H groups in total. The lowest BCUT2D eigenvalue weighted by Gasteiger charge is -2.08. The predicted octanol–water partition coefficient (Wildman–Crippen LogP) is 2.48. The quantitative estimate of drug-likeness (QED) is 0.429. The molecule has 116 valence electrons. The zero-order valence-corrected chi connectivity index (χ0v) is 12.6. The number of benzene rings is 2. The zero-order chi connectivity index (χ0) is 16.4. The lowest BCUT2D eigenvalue weighted by atomic mass is 10.2. The number of rotatable bonds is 2. The summed E-state index contributed by atoms with van der Waals surface area (Å²) in [4.78, 5) is 27.0. The van der Waals surface area contributed by atoms with Gasteiger partial charge in [0.05, 0.1) is 5.56 Å². The van der Waals surface area contributed by atoms with E-state index in [0.29, 0.717) is 16.4 Å². The Morgan fingerprint density at radius 2 is 1.74 bits per heavy atom. The molecule has 0 aliphatic rings. The van der Waals surface area contributed by atoms with Gasteiger partial charge in [-0.3, -0.25) is 20.4 Å². The van der Waals surface area contributed by atoms with E-state index in [4.69, 9.17) is 17.3 Å². The number of halogens is 1. The van der Waals surface area contributed by atoms with Crippen LogP contribution in [0.15, 0.2) is 48.5 Å². The second-order valence-corrected chi connectivity index (χ2v) is 5.35. The molecular weight excluding hydrogens is 316 g/mol. The van der Waals surface area contributed by atoms with Crippen molar-refractivity contribution in [3.63, 3.8) is 0 Å². The second-order valence-electron chi connectivity index (χ2n) is 4.91. The van der Waals surface area contributed by atoms with Gasteiger partial charge in [0.25, 0.3) is 11.8 Å². The molecule has 0 aliphatic carbocycles. The number of anilines is 1. The Kier molecular flexibility index (Phi) is 3.91. The lowest BCUT2D eigenvalue weighted by Crippen LogP contribution is -2.42. The van der Waals surface area contributed by atoms with Crippen LogP contribution in [-0.2, 0) is 0 Å². The fourth-order valence-electron chi connectivity index (χ4n) is 2.18. The minimum atomic E-state index is -0.490. The summed E-state index contributed by atoms with van der Waals surface area (Å²) < 4.78 is 0. The maximum atomic E-state index is 12.1. The van der Waals surface area contributed by atoms with Crippen molar-refractivity contribution in [3.8, 4) is 0 Å². The molecule has 0 unspecified atom stereocenters. The van der Waals surface area contributed by atoms with Gasteiger partial charge >= 0.3 is 0 Å². The minimum absolute atomic E-state index is 0.288. The summed E-state index contributed by atoms with van der Waals surface area (Å²) in [6.45, 7) is 0. The Morgan fingerprint density at radius 1 is 1.00 bits per heavy atom. The second kappa shape index (κ2) is 6.02. The fourth-order valence-corrected chi connectivity index (χ4v) is 2.36. The summed E-state index contributed by atoms with van der Waals surface area (Å²) in [5.41, 5.74) is 12.1. The van der Waals surface area contributed by atoms with Gasteiger partial charge in [-0.25, -0.2) is 0 Å². The summed E-state index contributed by atoms with van der Waals surface area (Å²) in [6, 6.07) is 13.5. The number of carbonyl (C=O) groups excluding carboxylic acids is 2. The first-order valence-corrected chi connectivity index (χ1v) is 7.16. The molecule has 0 atom stereocenters. The number of hydrogen-bond acceptors (Lipinski definition) is 3. The first-order chi connectivity index (χ1) is 11.0. The van der Waals surface area contributed by atoms with Gasteiger partial charge in [0, 0.05) is 21.6 Å². The van der Waals surface area contributed by atoms with E-state index in [2.05, 4.69) is 15.8 Å². The smallest absolute Gasteiger partial charge is 0.286 e. The van der Waals surface area contributed by atoms with E-state index >= 15 is 0 Å². The molecule has 0 radical (unpaired) electrons. The highest BCUT2D eigenvalue weighted by atomic mass is 35.5. The van der Waals surface area contributed by atoms with Crippen molar-refractivity contribution in [1.29, 1.82) is 0 Å². The highest BCUT2D eigenvalue weighted by Crippen LogP contribution is 2.20. The molecule has 23 heavy (non-hydrogen) atoms. The topological polar surface area (TPSA) is 100 Å². The summed E-state index contributed by atoms with van der Waals surface area (Å²) >= 11 is 5.91. The Labute approximate surface area is 136 Å². The Hall–Kier alpha value is -2.99. The molecule has 0 aliphatic heterocycles. The number of hydrazine groups is 1. The Bertz CT molecular complexity index is 904. The molecule has 3 aromatic rings. The maximum Gasteiger partial charge on any atom is 0.286 e. The van der Waals surface area contributed by atoms with Crippen LogP contribution in [0.5, 0.6) is 0 Å². The van der Waals surface area contributed by atoms with Gasteiger partial charge in [-0.2, -0.15) is 0 Å². The summed E-state index contributed by atoms with van der Waals surface area (Å²) in [5.74, 6) is -0.962. The maximum absolute atomic E-state index is 12.1. The van der Waals surface area contributed by atoms with Crippen LogP contribution in [0.3, 0.4) is 0 Å². The van der Waals surface area contributed by atoms with Crippen LogP contribution in [-0.4, -0.2) is 16.8 Å². The van der Waals surface area contributed by atoms with Crippen LogP contribution < -0.4 is 16.6 Å². The summed E-state index contributed by atoms with van der Waals surface area (Å²) in [5, 5.41) is 1.39. The third-order valence-corrected chi connectivity index (χ3v) is 3.56. The molecule has 6 nitrogen and oxygen atoms in total. The molecular formula is C16H13ClN4O2. The van der Waals surface area contributed by atoms with Crippen molar-refractivity contribution in [3.05, 3.63) is 64.8 Å². The summed E-state index contributed by atoms with van der Waals surface area (Å²) in [7, 11) is 0. The van der Waals surface area contributed by atoms with Gasteiger partial charge < -0.3 is 10.7 Å². The van der Waals surface area contributed by atoms with Crippen molar-refractivity contribution in [2.45, 2.75) is 0 Å². The van der Waals surface area contributed by atoms with Gasteiger partial charge in [-0.15, -0.1) is 0 Å². The average Bonchev–Trinajstić information content (AvgIpc) is 2.95. The molecule has 2 amide bonds. The first-order valence-electron chi connectivity index (χ1n) is 6.78. The van der Waals surface area contributed by atoms with Gasteiger partial charge in [0.1, 0.15) is 5.69 Å². The van der Waals surface area contributed by atoms with Gasteiger partial charge in [-0.1, -0.05) is 23.7 Å². The van der Waals surface area contributed by atoms with E-state index in [-0.39, 0.29) is 5.56 Å². The van der Waals surface area contributed by atoms with E-state index in [1.54, 1.807) is 48.5 Å². The molecule has 0 saturated carbocycles. The van der Waals surface area contributed by atoms with E-state index in [1.807, 2.05) is 0 Å². The first kappa shape index (κ1) is 14.9. The number of para-hydroxylation sites is 1. The van der Waals surface area contributed by atoms with Crippen LogP contribution in [0.2, 0.25) is 5.02 Å². The molecule has 1 heterocycles. The lowest BCUT2D eigenvalue weighted by molar-refractivity contribution is 0.0845. The normalized spacial score (nSPS) is 10.5. The molecule has 3 rings (SSSR count). The van der Waals surface area contributed by atoms with Crippen LogP contribution >= 0.6 is 11.6 Å². The van der Waals surface area contributed by atoms with Crippen LogP contribution in [0.1, 0.15) is 20.8 Å². The number of amides is 2. The number of H-pyrrole nitrogens is 1. The van der Waals surface area contributed by atoms with E-state index in [0.717, 1.165) is 10.9 Å². The third kappa shape index (κ3) is 3.12. The van der Waals surface area contributed by atoms with Gasteiger partial charge in [-0.05, 0) is 36.4 Å². The number of nitrogens with two attached hydrogens (primary N) is 1. The number of hydrogen-bond donors (Lipinski definition) is 4. The number of nitrogens with one attached hydrogen (secondary N) is 3. The predicted molar refractivity (Wildman–Crippen MR) is 89.1 cm³/mol. The fraction of sp³-hybridized carbons (Fsp3) is 0. The van der Waals surface area contributed by atoms with Crippen molar-refractivity contribution >= 4 is 40.0 Å². The van der Waals surface area contributed by atoms with Gasteiger partial charge in [0.2, 0.25) is 0 Å². The standard InChI is InChI=1S/C16H13ClN4O2/c17-10-5-6-13-9(7-10)8-14(19-13)16(23)21-20-15(22)11-3-1-2-4-12(11)18/h1-8,19H,18H2,(H,20,22)(H,21,23). The highest BCUT2D eigenvalue weighted by molar-refractivity contribution is 6.31. The molecule has 0 saturated heterocycles. The summed E-state index contributed by atoms with van der Waals surface area (Å²) in [6.07, 6.45) is 0. The average molecular weight is 329 g/mol. The van der Waals surface area contributed by atoms with E-state index < -0.39 is 11.8 Å². The Balaban J connectivity index is 1.71. The number of carbonyl (C=O) groups is 2. The number of nitrogen functional groups attached to an aromatic ring is 1. The number of fused-ring (bicyclic) bond motifs is 1. The van der Waals surface area contributed by atoms with Crippen molar-refractivity contribution in [1.82, 2.24) is 15.8 Å². The molecule has 0 fully saturated rings. The van der Waals surface area contributed by atoms with Crippen LogP contribution in [0, 0.1) is 0 Å². The molecule has 7 heteroatoms. The zero-order valence-electron chi connectivity index (χ0n) is 11.9.